The Bertz CT molecular complexity index is 2170. The molecule has 2 heterocycles. The largest absolute Gasteiger partial charge is 0.456 e. The van der Waals surface area contributed by atoms with Gasteiger partial charge in [-0.2, -0.15) is 0 Å². The Morgan fingerprint density at radius 2 is 1.39 bits per heavy atom. The predicted molar refractivity (Wildman–Crippen MR) is 149 cm³/mol. The van der Waals surface area contributed by atoms with E-state index in [2.05, 4.69) is 20.9 Å². The van der Waals surface area contributed by atoms with Gasteiger partial charge in [0.1, 0.15) is 11.2 Å². The van der Waals surface area contributed by atoms with Crippen LogP contribution in [0, 0.1) is 0 Å². The standard InChI is InChI=1S/C31H18BrN3O/c32-25-13-6-10-20-18-21(16-17-22(20)25)30-33-29(19-8-2-1-3-9-19)34-31(35-30)24-12-7-15-27-28(24)23-11-4-5-14-26(23)36-27/h1-18H/i1D,2D,3D,8D,9D. The Balaban J connectivity index is 1.56. The summed E-state index contributed by atoms with van der Waals surface area (Å²) in [4.78, 5) is 14.2. The summed E-state index contributed by atoms with van der Waals surface area (Å²) in [5, 5.41) is 3.69. The number of furan rings is 1. The highest BCUT2D eigenvalue weighted by atomic mass is 79.9. The van der Waals surface area contributed by atoms with Crippen molar-refractivity contribution >= 4 is 48.6 Å². The number of nitrogens with zero attached hydrogens (tertiary/aromatic N) is 3. The van der Waals surface area contributed by atoms with Crippen LogP contribution in [0.1, 0.15) is 6.85 Å². The maximum atomic E-state index is 8.58. The molecule has 2 aromatic heterocycles. The van der Waals surface area contributed by atoms with Crippen LogP contribution in [-0.2, 0) is 0 Å². The second-order valence-electron chi connectivity index (χ2n) is 8.26. The zero-order valence-electron chi connectivity index (χ0n) is 23.6. The van der Waals surface area contributed by atoms with Crippen molar-refractivity contribution in [1.82, 2.24) is 15.0 Å². The van der Waals surface area contributed by atoms with E-state index in [1.807, 2.05) is 78.9 Å². The van der Waals surface area contributed by atoms with Crippen LogP contribution >= 0.6 is 15.9 Å². The van der Waals surface area contributed by atoms with E-state index in [0.29, 0.717) is 28.4 Å². The molecule has 0 atom stereocenters. The highest BCUT2D eigenvalue weighted by Crippen LogP contribution is 2.36. The molecular weight excluding hydrogens is 510 g/mol. The van der Waals surface area contributed by atoms with Gasteiger partial charge in [-0.25, -0.2) is 15.0 Å². The molecular formula is C31H18BrN3O. The summed E-state index contributed by atoms with van der Waals surface area (Å²) in [5.41, 5.74) is 2.65. The van der Waals surface area contributed by atoms with Crippen molar-refractivity contribution in [2.75, 3.05) is 0 Å². The Labute approximate surface area is 222 Å². The van der Waals surface area contributed by atoms with Crippen molar-refractivity contribution in [3.8, 4) is 34.2 Å². The fourth-order valence-electron chi connectivity index (χ4n) is 4.44. The summed E-state index contributed by atoms with van der Waals surface area (Å²) >= 11 is 3.59. The topological polar surface area (TPSA) is 51.8 Å². The number of halogens is 1. The molecule has 0 N–H and O–H groups in total. The normalized spacial score (nSPS) is 13.4. The first kappa shape index (κ1) is 16.3. The van der Waals surface area contributed by atoms with Gasteiger partial charge in [0.25, 0.3) is 0 Å². The van der Waals surface area contributed by atoms with Gasteiger partial charge in [-0.05, 0) is 35.0 Å². The first-order valence-corrected chi connectivity index (χ1v) is 12.0. The van der Waals surface area contributed by atoms with Gasteiger partial charge in [0.05, 0.1) is 6.85 Å². The van der Waals surface area contributed by atoms with Crippen LogP contribution in [0.5, 0.6) is 0 Å². The summed E-state index contributed by atoms with van der Waals surface area (Å²) in [7, 11) is 0. The summed E-state index contributed by atoms with van der Waals surface area (Å²) < 4.78 is 48.6. The third-order valence-electron chi connectivity index (χ3n) is 6.09. The molecule has 0 fully saturated rings. The monoisotopic (exact) mass is 532 g/mol. The SMILES string of the molecule is [2H]c1c([2H])c([2H])c(-c2nc(-c3ccc4c(Br)cccc4c3)nc(-c3cccc4oc5ccccc5c34)n2)c([2H])c1[2H]. The maximum Gasteiger partial charge on any atom is 0.164 e. The summed E-state index contributed by atoms with van der Waals surface area (Å²) in [5.74, 6) is 0.591. The molecule has 0 aliphatic carbocycles. The first-order valence-electron chi connectivity index (χ1n) is 13.7. The molecule has 0 saturated carbocycles. The number of para-hydroxylation sites is 1. The van der Waals surface area contributed by atoms with E-state index in [1.165, 1.54) is 0 Å². The Hall–Kier alpha value is -4.35. The lowest BCUT2D eigenvalue weighted by atomic mass is 10.0. The second kappa shape index (κ2) is 8.40. The molecule has 0 saturated heterocycles. The highest BCUT2D eigenvalue weighted by molar-refractivity contribution is 9.10. The van der Waals surface area contributed by atoms with Crippen LogP contribution in [0.2, 0.25) is 0 Å². The smallest absolute Gasteiger partial charge is 0.164 e. The van der Waals surface area contributed by atoms with Crippen molar-refractivity contribution in [1.29, 1.82) is 0 Å². The molecule has 0 unspecified atom stereocenters. The third-order valence-corrected chi connectivity index (χ3v) is 6.78. The maximum absolute atomic E-state index is 8.58. The van der Waals surface area contributed by atoms with Gasteiger partial charge in [-0.1, -0.05) is 101 Å². The Morgan fingerprint density at radius 3 is 2.28 bits per heavy atom. The lowest BCUT2D eigenvalue weighted by Crippen LogP contribution is -2.00. The average molecular weight is 533 g/mol. The third kappa shape index (κ3) is 3.48. The molecule has 0 spiro atoms. The quantitative estimate of drug-likeness (QED) is 0.228. The van der Waals surface area contributed by atoms with Crippen LogP contribution in [0.15, 0.2) is 118 Å². The molecule has 7 aromatic rings. The van der Waals surface area contributed by atoms with Crippen molar-refractivity contribution in [2.45, 2.75) is 0 Å². The molecule has 170 valence electrons. The number of hydrogen-bond acceptors (Lipinski definition) is 4. The van der Waals surface area contributed by atoms with E-state index in [1.54, 1.807) is 0 Å². The summed E-state index contributed by atoms with van der Waals surface area (Å²) in [6.07, 6.45) is 0. The molecule has 0 bridgehead atoms. The van der Waals surface area contributed by atoms with E-state index in [0.717, 1.165) is 31.6 Å². The number of fused-ring (bicyclic) bond motifs is 4. The van der Waals surface area contributed by atoms with Crippen molar-refractivity contribution < 1.29 is 11.3 Å². The number of aromatic nitrogens is 3. The van der Waals surface area contributed by atoms with Gasteiger partial charge in [-0.3, -0.25) is 0 Å². The second-order valence-corrected chi connectivity index (χ2v) is 9.11. The van der Waals surface area contributed by atoms with Crippen molar-refractivity contribution in [2.24, 2.45) is 0 Å². The predicted octanol–water partition coefficient (Wildman–Crippen LogP) is 8.69. The van der Waals surface area contributed by atoms with Crippen molar-refractivity contribution in [3.63, 3.8) is 0 Å². The van der Waals surface area contributed by atoms with Gasteiger partial charge < -0.3 is 4.42 Å². The molecule has 0 aliphatic rings. The molecule has 5 heteroatoms. The van der Waals surface area contributed by atoms with Crippen molar-refractivity contribution in [3.05, 3.63) is 114 Å². The zero-order chi connectivity index (χ0) is 28.4. The molecule has 36 heavy (non-hydrogen) atoms. The fraction of sp³-hybridized carbons (Fsp3) is 0. The number of benzene rings is 5. The zero-order valence-corrected chi connectivity index (χ0v) is 20.2. The van der Waals surface area contributed by atoms with E-state index < -0.39 is 18.1 Å². The van der Waals surface area contributed by atoms with Crippen LogP contribution in [-0.4, -0.2) is 15.0 Å². The van der Waals surface area contributed by atoms with E-state index >= 15 is 0 Å². The minimum Gasteiger partial charge on any atom is -0.456 e. The molecule has 0 aliphatic heterocycles. The number of rotatable bonds is 3. The minimum atomic E-state index is -0.479. The number of hydrogen-bond donors (Lipinski definition) is 0. The first-order chi connectivity index (χ1) is 19.8. The van der Waals surface area contributed by atoms with E-state index in [9.17, 15) is 0 Å². The van der Waals surface area contributed by atoms with Crippen LogP contribution in [0.25, 0.3) is 66.9 Å². The summed E-state index contributed by atoms with van der Waals surface area (Å²) in [6.45, 7) is 0. The van der Waals surface area contributed by atoms with Gasteiger partial charge in [-0.15, -0.1) is 0 Å². The summed E-state index contributed by atoms with van der Waals surface area (Å²) in [6, 6.07) is 22.9. The average Bonchev–Trinajstić information content (AvgIpc) is 3.38. The van der Waals surface area contributed by atoms with E-state index in [4.69, 9.17) is 21.2 Å². The van der Waals surface area contributed by atoms with Gasteiger partial charge in [0, 0.05) is 31.9 Å². The van der Waals surface area contributed by atoms with Gasteiger partial charge in [0.2, 0.25) is 0 Å². The molecule has 7 rings (SSSR count). The molecule has 0 amide bonds. The highest BCUT2D eigenvalue weighted by Gasteiger charge is 2.17. The van der Waals surface area contributed by atoms with Crippen LogP contribution in [0.4, 0.5) is 0 Å². The molecule has 4 nitrogen and oxygen atoms in total. The van der Waals surface area contributed by atoms with E-state index in [-0.39, 0.29) is 23.5 Å². The van der Waals surface area contributed by atoms with Crippen LogP contribution in [0.3, 0.4) is 0 Å². The Kier molecular flexibility index (Phi) is 3.81. The lowest BCUT2D eigenvalue weighted by Gasteiger charge is -2.10. The lowest BCUT2D eigenvalue weighted by molar-refractivity contribution is 0.669. The van der Waals surface area contributed by atoms with Gasteiger partial charge >= 0.3 is 0 Å². The van der Waals surface area contributed by atoms with Crippen LogP contribution < -0.4 is 0 Å². The fourth-order valence-corrected chi connectivity index (χ4v) is 4.96. The van der Waals surface area contributed by atoms with Gasteiger partial charge in [0.15, 0.2) is 17.5 Å². The molecule has 5 aromatic carbocycles. The Morgan fingerprint density at radius 1 is 0.639 bits per heavy atom. The molecule has 0 radical (unpaired) electrons. The minimum absolute atomic E-state index is 0.0128.